The molecule has 1 N–H and O–H groups in total. The normalized spacial score (nSPS) is 17.4. The lowest BCUT2D eigenvalue weighted by molar-refractivity contribution is 0.305. The second kappa shape index (κ2) is 6.22. The first-order valence-electron chi connectivity index (χ1n) is 7.39. The summed E-state index contributed by atoms with van der Waals surface area (Å²) < 4.78 is 5.51. The Bertz CT molecular complexity index is 414. The maximum atomic E-state index is 5.51. The van der Waals surface area contributed by atoms with Crippen molar-refractivity contribution in [3.05, 3.63) is 11.9 Å². The molecule has 106 valence electrons. The van der Waals surface area contributed by atoms with Crippen molar-refractivity contribution in [3.63, 3.8) is 0 Å². The predicted molar refractivity (Wildman–Crippen MR) is 77.6 cm³/mol. The van der Waals surface area contributed by atoms with Gasteiger partial charge in [0.25, 0.3) is 0 Å². The van der Waals surface area contributed by atoms with Crippen LogP contribution in [-0.2, 0) is 0 Å². The Balaban J connectivity index is 2.04. The second-order valence-corrected chi connectivity index (χ2v) is 5.50. The third-order valence-corrected chi connectivity index (χ3v) is 4.36. The lowest BCUT2D eigenvalue weighted by Crippen LogP contribution is -2.26. The molecule has 1 aromatic rings. The van der Waals surface area contributed by atoms with E-state index in [-0.39, 0.29) is 0 Å². The minimum atomic E-state index is 0.461. The highest BCUT2D eigenvalue weighted by Crippen LogP contribution is 2.41. The number of nitrogens with one attached hydrogen (secondary N) is 1. The van der Waals surface area contributed by atoms with Gasteiger partial charge in [-0.2, -0.15) is 0 Å². The van der Waals surface area contributed by atoms with Crippen molar-refractivity contribution in [2.24, 2.45) is 5.41 Å². The fraction of sp³-hybridized carbons (Fsp3) is 0.733. The first kappa shape index (κ1) is 14.1. The average Bonchev–Trinajstić information content (AvgIpc) is 2.89. The predicted octanol–water partition coefficient (Wildman–Crippen LogP) is 3.57. The van der Waals surface area contributed by atoms with Gasteiger partial charge in [0.05, 0.1) is 12.2 Å². The largest absolute Gasteiger partial charge is 0.478 e. The van der Waals surface area contributed by atoms with Crippen molar-refractivity contribution < 1.29 is 4.74 Å². The van der Waals surface area contributed by atoms with E-state index in [1.807, 2.05) is 13.8 Å². The zero-order chi connectivity index (χ0) is 13.7. The molecule has 1 aliphatic carbocycles. The summed E-state index contributed by atoms with van der Waals surface area (Å²) >= 11 is 0. The first-order chi connectivity index (χ1) is 9.21. The van der Waals surface area contributed by atoms with Gasteiger partial charge in [-0.1, -0.05) is 19.8 Å². The summed E-state index contributed by atoms with van der Waals surface area (Å²) in [5.41, 5.74) is 1.47. The molecule has 19 heavy (non-hydrogen) atoms. The monoisotopic (exact) mass is 263 g/mol. The van der Waals surface area contributed by atoms with E-state index in [9.17, 15) is 0 Å². The highest BCUT2D eigenvalue weighted by molar-refractivity contribution is 5.47. The van der Waals surface area contributed by atoms with Crippen LogP contribution in [0.5, 0.6) is 5.88 Å². The molecule has 4 nitrogen and oxygen atoms in total. The van der Waals surface area contributed by atoms with E-state index in [4.69, 9.17) is 4.74 Å². The van der Waals surface area contributed by atoms with Crippen LogP contribution in [0.3, 0.4) is 0 Å². The van der Waals surface area contributed by atoms with E-state index in [2.05, 4.69) is 22.2 Å². The van der Waals surface area contributed by atoms with Crippen molar-refractivity contribution in [2.45, 2.75) is 52.9 Å². The Hall–Kier alpha value is -1.32. The van der Waals surface area contributed by atoms with Crippen molar-refractivity contribution in [3.8, 4) is 5.88 Å². The fourth-order valence-electron chi connectivity index (χ4n) is 2.95. The smallest absolute Gasteiger partial charge is 0.221 e. The summed E-state index contributed by atoms with van der Waals surface area (Å²) in [7, 11) is 0. The molecule has 0 saturated heterocycles. The van der Waals surface area contributed by atoms with Gasteiger partial charge in [-0.05, 0) is 38.5 Å². The highest BCUT2D eigenvalue weighted by atomic mass is 16.5. The molecule has 0 spiro atoms. The molecule has 0 amide bonds. The third-order valence-electron chi connectivity index (χ3n) is 4.36. The van der Waals surface area contributed by atoms with Gasteiger partial charge in [0.15, 0.2) is 0 Å². The number of ether oxygens (including phenoxy) is 1. The summed E-state index contributed by atoms with van der Waals surface area (Å²) in [6.07, 6.45) is 8.21. The lowest BCUT2D eigenvalue weighted by Gasteiger charge is -2.28. The van der Waals surface area contributed by atoms with Gasteiger partial charge < -0.3 is 10.1 Å². The number of hydrogen-bond donors (Lipinski definition) is 1. The van der Waals surface area contributed by atoms with Crippen molar-refractivity contribution in [1.29, 1.82) is 0 Å². The zero-order valence-electron chi connectivity index (χ0n) is 12.3. The molecule has 1 saturated carbocycles. The first-order valence-corrected chi connectivity index (χ1v) is 7.39. The Morgan fingerprint density at radius 2 is 2.00 bits per heavy atom. The molecule has 0 aliphatic heterocycles. The topological polar surface area (TPSA) is 47.0 Å². The summed E-state index contributed by atoms with van der Waals surface area (Å²) in [6, 6.07) is 0. The quantitative estimate of drug-likeness (QED) is 0.852. The standard InChI is InChI=1S/C15H25N3O/c1-4-15(8-6-7-9-15)10-16-13-12(3)14(19-5-2)18-11-17-13/h11H,4-10H2,1-3H3,(H,16,17,18). The molecular weight excluding hydrogens is 238 g/mol. The van der Waals surface area contributed by atoms with Crippen molar-refractivity contribution >= 4 is 5.82 Å². The zero-order valence-corrected chi connectivity index (χ0v) is 12.3. The molecule has 2 rings (SSSR count). The fourth-order valence-corrected chi connectivity index (χ4v) is 2.95. The number of anilines is 1. The Kier molecular flexibility index (Phi) is 4.61. The van der Waals surface area contributed by atoms with Crippen LogP contribution in [0.25, 0.3) is 0 Å². The van der Waals surface area contributed by atoms with E-state index in [1.165, 1.54) is 32.1 Å². The minimum Gasteiger partial charge on any atom is -0.478 e. The molecule has 0 unspecified atom stereocenters. The van der Waals surface area contributed by atoms with Crippen LogP contribution in [0.15, 0.2) is 6.33 Å². The lowest BCUT2D eigenvalue weighted by atomic mass is 9.83. The maximum Gasteiger partial charge on any atom is 0.221 e. The molecule has 4 heteroatoms. The van der Waals surface area contributed by atoms with Crippen molar-refractivity contribution in [2.75, 3.05) is 18.5 Å². The van der Waals surface area contributed by atoms with E-state index >= 15 is 0 Å². The van der Waals surface area contributed by atoms with Crippen LogP contribution in [-0.4, -0.2) is 23.1 Å². The van der Waals surface area contributed by atoms with Crippen LogP contribution in [0, 0.1) is 12.3 Å². The number of hydrogen-bond acceptors (Lipinski definition) is 4. The number of aromatic nitrogens is 2. The van der Waals surface area contributed by atoms with Crippen LogP contribution in [0.1, 0.15) is 51.5 Å². The van der Waals surface area contributed by atoms with E-state index in [0.717, 1.165) is 17.9 Å². The average molecular weight is 263 g/mol. The SMILES string of the molecule is CCOc1ncnc(NCC2(CC)CCCC2)c1C. The molecule has 1 heterocycles. The van der Waals surface area contributed by atoms with Gasteiger partial charge >= 0.3 is 0 Å². The van der Waals surface area contributed by atoms with Crippen LogP contribution in [0.4, 0.5) is 5.82 Å². The molecule has 0 radical (unpaired) electrons. The number of rotatable bonds is 6. The maximum absolute atomic E-state index is 5.51. The second-order valence-electron chi connectivity index (χ2n) is 5.50. The molecule has 1 fully saturated rings. The van der Waals surface area contributed by atoms with Gasteiger partial charge in [-0.25, -0.2) is 9.97 Å². The summed E-state index contributed by atoms with van der Waals surface area (Å²) in [6.45, 7) is 7.93. The van der Waals surface area contributed by atoms with Crippen LogP contribution in [0.2, 0.25) is 0 Å². The Morgan fingerprint density at radius 1 is 1.26 bits per heavy atom. The summed E-state index contributed by atoms with van der Waals surface area (Å²) in [5, 5.41) is 3.51. The van der Waals surface area contributed by atoms with Gasteiger partial charge in [-0.3, -0.25) is 0 Å². The molecular formula is C15H25N3O. The number of nitrogens with zero attached hydrogens (tertiary/aromatic N) is 2. The molecule has 1 aliphatic rings. The summed E-state index contributed by atoms with van der Waals surface area (Å²) in [5.74, 6) is 1.61. The molecule has 1 aromatic heterocycles. The van der Waals surface area contributed by atoms with Gasteiger partial charge in [-0.15, -0.1) is 0 Å². The highest BCUT2D eigenvalue weighted by Gasteiger charge is 2.31. The Labute approximate surface area is 116 Å². The van der Waals surface area contributed by atoms with Gasteiger partial charge in [0.1, 0.15) is 12.1 Å². The molecule has 0 aromatic carbocycles. The Morgan fingerprint density at radius 3 is 2.63 bits per heavy atom. The third kappa shape index (κ3) is 3.17. The molecule has 0 bridgehead atoms. The van der Waals surface area contributed by atoms with E-state index in [0.29, 0.717) is 17.9 Å². The van der Waals surface area contributed by atoms with Crippen LogP contribution >= 0.6 is 0 Å². The van der Waals surface area contributed by atoms with E-state index in [1.54, 1.807) is 6.33 Å². The molecule has 0 atom stereocenters. The van der Waals surface area contributed by atoms with Crippen LogP contribution < -0.4 is 10.1 Å². The van der Waals surface area contributed by atoms with Gasteiger partial charge in [0.2, 0.25) is 5.88 Å². The minimum absolute atomic E-state index is 0.461. The van der Waals surface area contributed by atoms with E-state index < -0.39 is 0 Å². The summed E-state index contributed by atoms with van der Waals surface area (Å²) in [4.78, 5) is 8.52. The van der Waals surface area contributed by atoms with Crippen molar-refractivity contribution in [1.82, 2.24) is 9.97 Å². The van der Waals surface area contributed by atoms with Gasteiger partial charge in [0, 0.05) is 6.54 Å².